The van der Waals surface area contributed by atoms with Crippen LogP contribution in [0.1, 0.15) is 18.5 Å². The van der Waals surface area contributed by atoms with E-state index in [0.717, 1.165) is 10.0 Å². The van der Waals surface area contributed by atoms with Crippen LogP contribution in [0.2, 0.25) is 0 Å². The molecule has 0 aliphatic rings. The highest BCUT2D eigenvalue weighted by molar-refractivity contribution is 9.10. The highest BCUT2D eigenvalue weighted by atomic mass is 79.9. The molecule has 0 amide bonds. The van der Waals surface area contributed by atoms with Crippen molar-refractivity contribution in [2.75, 3.05) is 6.54 Å². The zero-order chi connectivity index (χ0) is 12.0. The van der Waals surface area contributed by atoms with E-state index in [1.165, 1.54) is 0 Å². The first-order chi connectivity index (χ1) is 7.69. The van der Waals surface area contributed by atoms with Crippen molar-refractivity contribution >= 4 is 21.6 Å². The molecular formula is C11H12BrN3O. The van der Waals surface area contributed by atoms with Gasteiger partial charge < -0.3 is 5.21 Å². The number of oxime groups is 1. The Bertz CT molecular complexity index is 425. The third-order valence-corrected chi connectivity index (χ3v) is 2.64. The van der Waals surface area contributed by atoms with Gasteiger partial charge in [-0.15, -0.1) is 0 Å². The highest BCUT2D eigenvalue weighted by Gasteiger charge is 2.14. The fourth-order valence-corrected chi connectivity index (χ4v) is 1.82. The van der Waals surface area contributed by atoms with E-state index < -0.39 is 0 Å². The molecule has 0 aliphatic carbocycles. The molecule has 1 rings (SSSR count). The molecule has 0 saturated carbocycles. The molecule has 5 heteroatoms. The molecule has 0 aromatic heterocycles. The lowest BCUT2D eigenvalue weighted by Crippen LogP contribution is -2.27. The van der Waals surface area contributed by atoms with E-state index in [-0.39, 0.29) is 12.6 Å². The van der Waals surface area contributed by atoms with Crippen LogP contribution in [0.25, 0.3) is 0 Å². The zero-order valence-electron chi connectivity index (χ0n) is 8.81. The monoisotopic (exact) mass is 281 g/mol. The largest absolute Gasteiger partial charge is 0.411 e. The van der Waals surface area contributed by atoms with E-state index >= 15 is 0 Å². The molecule has 1 unspecified atom stereocenters. The van der Waals surface area contributed by atoms with E-state index in [0.29, 0.717) is 5.71 Å². The molecule has 0 fully saturated rings. The fraction of sp³-hybridized carbons (Fsp3) is 0.273. The molecule has 0 radical (unpaired) electrons. The second-order valence-electron chi connectivity index (χ2n) is 3.27. The van der Waals surface area contributed by atoms with Gasteiger partial charge in [0, 0.05) is 4.47 Å². The normalized spacial score (nSPS) is 13.2. The molecule has 0 bridgehead atoms. The Labute approximate surface area is 103 Å². The van der Waals surface area contributed by atoms with Crippen LogP contribution >= 0.6 is 15.9 Å². The standard InChI is InChI=1S/C11H12BrN3O/c1-8(15-16)11(14-6-5-13)9-3-2-4-10(12)7-9/h2-4,7,11,14,16H,6H2,1H3/b15-8+. The predicted molar refractivity (Wildman–Crippen MR) is 65.4 cm³/mol. The van der Waals surface area contributed by atoms with E-state index in [1.54, 1.807) is 6.92 Å². The van der Waals surface area contributed by atoms with Gasteiger partial charge in [-0.25, -0.2) is 0 Å². The van der Waals surface area contributed by atoms with Crippen LogP contribution < -0.4 is 5.32 Å². The average Bonchev–Trinajstić information content (AvgIpc) is 2.29. The van der Waals surface area contributed by atoms with Gasteiger partial charge in [-0.1, -0.05) is 33.2 Å². The van der Waals surface area contributed by atoms with E-state index in [1.807, 2.05) is 30.3 Å². The Balaban J connectivity index is 2.97. The van der Waals surface area contributed by atoms with Crippen LogP contribution in [0.5, 0.6) is 0 Å². The second kappa shape index (κ2) is 6.26. The Morgan fingerprint density at radius 1 is 1.69 bits per heavy atom. The number of nitriles is 1. The molecule has 0 aliphatic heterocycles. The molecule has 1 atom stereocenters. The highest BCUT2D eigenvalue weighted by Crippen LogP contribution is 2.19. The van der Waals surface area contributed by atoms with Crippen LogP contribution in [-0.2, 0) is 0 Å². The summed E-state index contributed by atoms with van der Waals surface area (Å²) in [6.07, 6.45) is 0. The van der Waals surface area contributed by atoms with Crippen molar-refractivity contribution in [3.05, 3.63) is 34.3 Å². The maximum atomic E-state index is 8.79. The summed E-state index contributed by atoms with van der Waals surface area (Å²) in [4.78, 5) is 0. The van der Waals surface area contributed by atoms with Crippen molar-refractivity contribution in [1.29, 1.82) is 5.26 Å². The molecule has 84 valence electrons. The number of nitrogens with one attached hydrogen (secondary N) is 1. The van der Waals surface area contributed by atoms with Crippen molar-refractivity contribution in [3.8, 4) is 6.07 Å². The molecule has 1 aromatic carbocycles. The minimum Gasteiger partial charge on any atom is -0.411 e. The number of hydrogen-bond acceptors (Lipinski definition) is 4. The molecule has 0 spiro atoms. The molecule has 1 aromatic rings. The third kappa shape index (κ3) is 3.33. The SMILES string of the molecule is C/C(=N\O)C(NCC#N)c1cccc(Br)c1. The minimum atomic E-state index is -0.248. The maximum Gasteiger partial charge on any atom is 0.0848 e. The second-order valence-corrected chi connectivity index (χ2v) is 4.18. The van der Waals surface area contributed by atoms with Crippen molar-refractivity contribution in [2.24, 2.45) is 5.16 Å². The van der Waals surface area contributed by atoms with Gasteiger partial charge in [-0.05, 0) is 24.6 Å². The number of hydrogen-bond donors (Lipinski definition) is 2. The summed E-state index contributed by atoms with van der Waals surface area (Å²) in [6, 6.07) is 9.39. The molecule has 0 heterocycles. The van der Waals surface area contributed by atoms with Gasteiger partial charge in [0.2, 0.25) is 0 Å². The van der Waals surface area contributed by atoms with Gasteiger partial charge in [-0.2, -0.15) is 5.26 Å². The van der Waals surface area contributed by atoms with Gasteiger partial charge in [0.25, 0.3) is 0 Å². The minimum absolute atomic E-state index is 0.198. The quantitative estimate of drug-likeness (QED) is 0.386. The van der Waals surface area contributed by atoms with Gasteiger partial charge in [-0.3, -0.25) is 5.32 Å². The van der Waals surface area contributed by atoms with E-state index in [2.05, 4.69) is 26.4 Å². The maximum absolute atomic E-state index is 8.79. The Hall–Kier alpha value is -1.38. The molecular weight excluding hydrogens is 270 g/mol. The lowest BCUT2D eigenvalue weighted by Gasteiger charge is -2.16. The molecule has 0 saturated heterocycles. The number of halogens is 1. The number of benzene rings is 1. The molecule has 2 N–H and O–H groups in total. The average molecular weight is 282 g/mol. The van der Waals surface area contributed by atoms with E-state index in [4.69, 9.17) is 10.5 Å². The summed E-state index contributed by atoms with van der Waals surface area (Å²) in [7, 11) is 0. The molecule has 16 heavy (non-hydrogen) atoms. The van der Waals surface area contributed by atoms with Gasteiger partial charge >= 0.3 is 0 Å². The summed E-state index contributed by atoms with van der Waals surface area (Å²) < 4.78 is 0.944. The van der Waals surface area contributed by atoms with Crippen LogP contribution in [-0.4, -0.2) is 17.5 Å². The zero-order valence-corrected chi connectivity index (χ0v) is 10.4. The Morgan fingerprint density at radius 2 is 2.44 bits per heavy atom. The van der Waals surface area contributed by atoms with Crippen molar-refractivity contribution in [1.82, 2.24) is 5.32 Å². The summed E-state index contributed by atoms with van der Waals surface area (Å²) in [5.74, 6) is 0. The summed E-state index contributed by atoms with van der Waals surface area (Å²) >= 11 is 3.37. The predicted octanol–water partition coefficient (Wildman–Crippen LogP) is 2.45. The van der Waals surface area contributed by atoms with Crippen molar-refractivity contribution in [2.45, 2.75) is 13.0 Å². The third-order valence-electron chi connectivity index (χ3n) is 2.14. The summed E-state index contributed by atoms with van der Waals surface area (Å²) in [5.41, 5.74) is 1.47. The first-order valence-electron chi connectivity index (χ1n) is 4.73. The van der Waals surface area contributed by atoms with Crippen molar-refractivity contribution < 1.29 is 5.21 Å². The van der Waals surface area contributed by atoms with Gasteiger partial charge in [0.1, 0.15) is 0 Å². The fourth-order valence-electron chi connectivity index (χ4n) is 1.40. The number of rotatable bonds is 4. The number of nitrogens with zero attached hydrogens (tertiary/aromatic N) is 2. The Morgan fingerprint density at radius 3 is 3.00 bits per heavy atom. The van der Waals surface area contributed by atoms with Crippen LogP contribution in [0.4, 0.5) is 0 Å². The lowest BCUT2D eigenvalue weighted by atomic mass is 10.0. The topological polar surface area (TPSA) is 68.4 Å². The van der Waals surface area contributed by atoms with E-state index in [9.17, 15) is 0 Å². The smallest absolute Gasteiger partial charge is 0.0848 e. The first-order valence-corrected chi connectivity index (χ1v) is 5.52. The van der Waals surface area contributed by atoms with Crippen molar-refractivity contribution in [3.63, 3.8) is 0 Å². The first kappa shape index (κ1) is 12.7. The van der Waals surface area contributed by atoms with Crippen LogP contribution in [0.15, 0.2) is 33.9 Å². The van der Waals surface area contributed by atoms with Crippen LogP contribution in [0, 0.1) is 11.3 Å². The van der Waals surface area contributed by atoms with Gasteiger partial charge in [0.05, 0.1) is 24.4 Å². The summed E-state index contributed by atoms with van der Waals surface area (Å²) in [6.45, 7) is 1.90. The Kier molecular flexibility index (Phi) is 4.96. The molecule has 4 nitrogen and oxygen atoms in total. The summed E-state index contributed by atoms with van der Waals surface area (Å²) in [5, 5.41) is 23.5. The van der Waals surface area contributed by atoms with Crippen LogP contribution in [0.3, 0.4) is 0 Å². The van der Waals surface area contributed by atoms with Gasteiger partial charge in [0.15, 0.2) is 0 Å². The lowest BCUT2D eigenvalue weighted by molar-refractivity contribution is 0.315.